The summed E-state index contributed by atoms with van der Waals surface area (Å²) in [5.41, 5.74) is 1.57. The van der Waals surface area contributed by atoms with E-state index in [0.717, 1.165) is 25.9 Å². The molecule has 3 nitrogen and oxygen atoms in total. The first-order valence-electron chi connectivity index (χ1n) is 6.92. The Kier molecular flexibility index (Phi) is 3.66. The van der Waals surface area contributed by atoms with Crippen LogP contribution < -0.4 is 10.6 Å². The van der Waals surface area contributed by atoms with Gasteiger partial charge >= 0.3 is 0 Å². The summed E-state index contributed by atoms with van der Waals surface area (Å²) in [6.07, 6.45) is 6.68. The Morgan fingerprint density at radius 2 is 2.33 bits per heavy atom. The van der Waals surface area contributed by atoms with Crippen LogP contribution in [0.1, 0.15) is 41.0 Å². The molecule has 2 heterocycles. The van der Waals surface area contributed by atoms with Crippen LogP contribution in [-0.2, 0) is 24.2 Å². The van der Waals surface area contributed by atoms with Gasteiger partial charge in [0, 0.05) is 35.3 Å². The molecule has 1 fully saturated rings. The SMILES string of the molecule is O=C1CC(NCc2cc3c(s2)CCC3)CCCN1. The van der Waals surface area contributed by atoms with Gasteiger partial charge in [-0.05, 0) is 43.7 Å². The van der Waals surface area contributed by atoms with Crippen molar-refractivity contribution in [1.82, 2.24) is 10.6 Å². The maximum absolute atomic E-state index is 11.5. The second kappa shape index (κ2) is 5.41. The van der Waals surface area contributed by atoms with E-state index in [4.69, 9.17) is 0 Å². The van der Waals surface area contributed by atoms with Crippen molar-refractivity contribution >= 4 is 17.2 Å². The zero-order valence-electron chi connectivity index (χ0n) is 10.6. The van der Waals surface area contributed by atoms with Crippen molar-refractivity contribution in [2.45, 2.75) is 51.1 Å². The Bertz CT molecular complexity index is 420. The molecule has 2 aliphatic rings. The van der Waals surface area contributed by atoms with Crippen LogP contribution >= 0.6 is 11.3 Å². The molecule has 1 unspecified atom stereocenters. The monoisotopic (exact) mass is 264 g/mol. The van der Waals surface area contributed by atoms with Gasteiger partial charge in [0.25, 0.3) is 0 Å². The van der Waals surface area contributed by atoms with Crippen LogP contribution in [0.2, 0.25) is 0 Å². The molecule has 18 heavy (non-hydrogen) atoms. The van der Waals surface area contributed by atoms with Gasteiger partial charge in [0.15, 0.2) is 0 Å². The fourth-order valence-electron chi connectivity index (χ4n) is 2.87. The molecule has 0 aromatic carbocycles. The molecule has 4 heteroatoms. The van der Waals surface area contributed by atoms with Crippen LogP contribution in [0, 0.1) is 0 Å². The van der Waals surface area contributed by atoms with Crippen molar-refractivity contribution < 1.29 is 4.79 Å². The molecular weight excluding hydrogens is 244 g/mol. The summed E-state index contributed by atoms with van der Waals surface area (Å²) >= 11 is 1.95. The average Bonchev–Trinajstić information content (AvgIpc) is 2.85. The number of carbonyl (C=O) groups is 1. The fraction of sp³-hybridized carbons (Fsp3) is 0.643. The Hall–Kier alpha value is -0.870. The third kappa shape index (κ3) is 2.75. The third-order valence-corrected chi connectivity index (χ3v) is 5.08. The van der Waals surface area contributed by atoms with Crippen molar-refractivity contribution in [3.8, 4) is 0 Å². The van der Waals surface area contributed by atoms with Crippen molar-refractivity contribution in [3.05, 3.63) is 21.4 Å². The number of fused-ring (bicyclic) bond motifs is 1. The largest absolute Gasteiger partial charge is 0.356 e. The normalized spacial score (nSPS) is 23.6. The van der Waals surface area contributed by atoms with Crippen molar-refractivity contribution in [1.29, 1.82) is 0 Å². The lowest BCUT2D eigenvalue weighted by molar-refractivity contribution is -0.121. The molecule has 2 N–H and O–H groups in total. The molecule has 1 aliphatic carbocycles. The highest BCUT2D eigenvalue weighted by Crippen LogP contribution is 2.30. The average molecular weight is 264 g/mol. The lowest BCUT2D eigenvalue weighted by Gasteiger charge is -2.14. The molecule has 1 aliphatic heterocycles. The van der Waals surface area contributed by atoms with E-state index in [-0.39, 0.29) is 5.91 Å². The number of rotatable bonds is 3. The predicted octanol–water partition coefficient (Wildman–Crippen LogP) is 2.00. The van der Waals surface area contributed by atoms with Crippen molar-refractivity contribution in [2.24, 2.45) is 0 Å². The predicted molar refractivity (Wildman–Crippen MR) is 73.8 cm³/mol. The van der Waals surface area contributed by atoms with Gasteiger partial charge in [0.1, 0.15) is 0 Å². The van der Waals surface area contributed by atoms with E-state index < -0.39 is 0 Å². The van der Waals surface area contributed by atoms with Crippen LogP contribution in [-0.4, -0.2) is 18.5 Å². The second-order valence-electron chi connectivity index (χ2n) is 5.29. The molecule has 1 aromatic heterocycles. The highest BCUT2D eigenvalue weighted by atomic mass is 32.1. The molecule has 98 valence electrons. The zero-order valence-corrected chi connectivity index (χ0v) is 11.4. The van der Waals surface area contributed by atoms with Crippen LogP contribution in [0.3, 0.4) is 0 Å². The smallest absolute Gasteiger partial charge is 0.221 e. The Morgan fingerprint density at radius 3 is 3.22 bits per heavy atom. The van der Waals surface area contributed by atoms with E-state index in [2.05, 4.69) is 16.7 Å². The minimum absolute atomic E-state index is 0.193. The first-order chi connectivity index (χ1) is 8.81. The van der Waals surface area contributed by atoms with E-state index >= 15 is 0 Å². The van der Waals surface area contributed by atoms with E-state index in [1.807, 2.05) is 11.3 Å². The van der Waals surface area contributed by atoms with Crippen LogP contribution in [0.4, 0.5) is 0 Å². The summed E-state index contributed by atoms with van der Waals surface area (Å²) in [6, 6.07) is 2.71. The lowest BCUT2D eigenvalue weighted by atomic mass is 10.1. The summed E-state index contributed by atoms with van der Waals surface area (Å²) in [6.45, 7) is 1.76. The third-order valence-electron chi connectivity index (χ3n) is 3.85. The molecule has 0 radical (unpaired) electrons. The van der Waals surface area contributed by atoms with Gasteiger partial charge in [0.2, 0.25) is 5.91 Å². The van der Waals surface area contributed by atoms with E-state index in [1.54, 1.807) is 10.4 Å². The molecule has 1 saturated heterocycles. The Balaban J connectivity index is 1.55. The molecule has 3 rings (SSSR count). The maximum atomic E-state index is 11.5. The Morgan fingerprint density at radius 1 is 1.39 bits per heavy atom. The van der Waals surface area contributed by atoms with Gasteiger partial charge in [-0.15, -0.1) is 11.3 Å². The molecule has 1 aromatic rings. The van der Waals surface area contributed by atoms with E-state index in [1.165, 1.54) is 24.1 Å². The number of carbonyl (C=O) groups excluding carboxylic acids is 1. The quantitative estimate of drug-likeness (QED) is 0.876. The molecule has 1 atom stereocenters. The van der Waals surface area contributed by atoms with Gasteiger partial charge in [-0.1, -0.05) is 0 Å². The summed E-state index contributed by atoms with van der Waals surface area (Å²) < 4.78 is 0. The van der Waals surface area contributed by atoms with Gasteiger partial charge in [-0.25, -0.2) is 0 Å². The molecule has 1 amide bonds. The number of thiophene rings is 1. The molecule has 0 spiro atoms. The number of aryl methyl sites for hydroxylation is 2. The van der Waals surface area contributed by atoms with Crippen molar-refractivity contribution in [2.75, 3.05) is 6.54 Å². The topological polar surface area (TPSA) is 41.1 Å². The number of nitrogens with one attached hydrogen (secondary N) is 2. The Labute approximate surface area is 112 Å². The van der Waals surface area contributed by atoms with Crippen molar-refractivity contribution in [3.63, 3.8) is 0 Å². The van der Waals surface area contributed by atoms with E-state index in [9.17, 15) is 4.79 Å². The fourth-order valence-corrected chi connectivity index (χ4v) is 4.08. The first-order valence-corrected chi connectivity index (χ1v) is 7.73. The summed E-state index contributed by atoms with van der Waals surface area (Å²) in [5, 5.41) is 6.47. The van der Waals surface area contributed by atoms with Gasteiger partial charge in [0.05, 0.1) is 0 Å². The minimum Gasteiger partial charge on any atom is -0.356 e. The van der Waals surface area contributed by atoms with Gasteiger partial charge in [-0.2, -0.15) is 0 Å². The van der Waals surface area contributed by atoms with Crippen LogP contribution in [0.25, 0.3) is 0 Å². The summed E-state index contributed by atoms with van der Waals surface area (Å²) in [5.74, 6) is 0.193. The highest BCUT2D eigenvalue weighted by molar-refractivity contribution is 7.12. The zero-order chi connectivity index (χ0) is 12.4. The summed E-state index contributed by atoms with van der Waals surface area (Å²) in [4.78, 5) is 14.5. The highest BCUT2D eigenvalue weighted by Gasteiger charge is 2.18. The van der Waals surface area contributed by atoms with Crippen LogP contribution in [0.5, 0.6) is 0 Å². The van der Waals surface area contributed by atoms with Crippen LogP contribution in [0.15, 0.2) is 6.07 Å². The minimum atomic E-state index is 0.193. The number of hydrogen-bond donors (Lipinski definition) is 2. The molecular formula is C14H20N2OS. The number of amides is 1. The molecule has 0 bridgehead atoms. The standard InChI is InChI=1S/C14H20N2OS/c17-14-8-11(4-2-6-15-14)16-9-12-7-10-3-1-5-13(10)18-12/h7,11,16H,1-6,8-9H2,(H,15,17). The maximum Gasteiger partial charge on any atom is 0.221 e. The van der Waals surface area contributed by atoms with Gasteiger partial charge < -0.3 is 10.6 Å². The number of hydrogen-bond acceptors (Lipinski definition) is 3. The second-order valence-corrected chi connectivity index (χ2v) is 6.51. The summed E-state index contributed by atoms with van der Waals surface area (Å²) in [7, 11) is 0. The molecule has 0 saturated carbocycles. The van der Waals surface area contributed by atoms with E-state index in [0.29, 0.717) is 12.5 Å². The van der Waals surface area contributed by atoms with Gasteiger partial charge in [-0.3, -0.25) is 4.79 Å². The lowest BCUT2D eigenvalue weighted by Crippen LogP contribution is -2.31. The first kappa shape index (κ1) is 12.2.